The van der Waals surface area contributed by atoms with E-state index in [4.69, 9.17) is 0 Å². The van der Waals surface area contributed by atoms with Gasteiger partial charge >= 0.3 is 0 Å². The van der Waals surface area contributed by atoms with Gasteiger partial charge in [0.05, 0.1) is 5.75 Å². The van der Waals surface area contributed by atoms with Gasteiger partial charge in [-0.05, 0) is 37.6 Å². The predicted octanol–water partition coefficient (Wildman–Crippen LogP) is 5.46. The maximum absolute atomic E-state index is 12.3. The van der Waals surface area contributed by atoms with Crippen LogP contribution in [-0.4, -0.2) is 32.6 Å². The topological polar surface area (TPSA) is 72.2 Å². The van der Waals surface area contributed by atoms with Gasteiger partial charge in [-0.25, -0.2) is 5.43 Å². The maximum Gasteiger partial charge on any atom is 0.250 e. The third kappa shape index (κ3) is 6.08. The summed E-state index contributed by atoms with van der Waals surface area (Å²) in [6, 6.07) is 26.2. The van der Waals surface area contributed by atoms with E-state index in [9.17, 15) is 4.79 Å². The molecule has 6 nitrogen and oxygen atoms in total. The summed E-state index contributed by atoms with van der Waals surface area (Å²) < 4.78 is 1.98. The molecule has 1 heterocycles. The highest BCUT2D eigenvalue weighted by Gasteiger charge is 2.17. The average Bonchev–Trinajstić information content (AvgIpc) is 3.28. The summed E-state index contributed by atoms with van der Waals surface area (Å²) in [5.74, 6) is 0.679. The number of aromatic nitrogens is 3. The number of hydrogen-bond donors (Lipinski definition) is 1. The van der Waals surface area contributed by atoms with Crippen LogP contribution in [0.4, 0.5) is 0 Å². The Morgan fingerprint density at radius 3 is 2.32 bits per heavy atom. The van der Waals surface area contributed by atoms with Crippen LogP contribution in [-0.2, 0) is 4.79 Å². The van der Waals surface area contributed by atoms with Gasteiger partial charge in [0, 0.05) is 17.5 Å². The molecule has 0 aliphatic heterocycles. The zero-order valence-electron chi connectivity index (χ0n) is 19.1. The van der Waals surface area contributed by atoms with Crippen molar-refractivity contribution < 1.29 is 4.79 Å². The molecule has 170 valence electrons. The zero-order valence-corrected chi connectivity index (χ0v) is 19.9. The van der Waals surface area contributed by atoms with E-state index in [0.717, 1.165) is 22.6 Å². The number of aryl methyl sites for hydroxylation is 2. The van der Waals surface area contributed by atoms with Crippen molar-refractivity contribution in [1.82, 2.24) is 20.2 Å². The van der Waals surface area contributed by atoms with Crippen molar-refractivity contribution in [3.05, 3.63) is 102 Å². The van der Waals surface area contributed by atoms with Crippen molar-refractivity contribution in [3.63, 3.8) is 0 Å². The Bertz CT molecular complexity index is 1290. The number of hydrogen-bond acceptors (Lipinski definition) is 5. The van der Waals surface area contributed by atoms with E-state index in [0.29, 0.717) is 5.16 Å². The number of carbonyl (C=O) groups excluding carboxylic acids is 1. The molecule has 0 bridgehead atoms. The standard InChI is InChI=1S/C27H25N5OS/c1-20-10-14-23(15-11-20)26-30-31-27(32(26)24-16-12-21(2)13-17-24)34-19-25(33)29-28-18-6-9-22-7-4-3-5-8-22/h3-18H,19H2,1-2H3,(H,29,33)/b9-6+,28-18+. The SMILES string of the molecule is Cc1ccc(-c2nnc(SCC(=O)N/N=C/C=C/c3ccccc3)n2-c2ccc(C)cc2)cc1. The molecule has 1 N–H and O–H groups in total. The van der Waals surface area contributed by atoms with E-state index in [1.807, 2.05) is 103 Å². The number of allylic oxidation sites excluding steroid dienone is 1. The van der Waals surface area contributed by atoms with Crippen LogP contribution in [0, 0.1) is 13.8 Å². The molecule has 0 fully saturated rings. The van der Waals surface area contributed by atoms with E-state index >= 15 is 0 Å². The number of benzene rings is 3. The van der Waals surface area contributed by atoms with Gasteiger partial charge in [0.1, 0.15) is 0 Å². The largest absolute Gasteiger partial charge is 0.272 e. The molecule has 34 heavy (non-hydrogen) atoms. The van der Waals surface area contributed by atoms with Crippen molar-refractivity contribution in [1.29, 1.82) is 0 Å². The van der Waals surface area contributed by atoms with Gasteiger partial charge in [-0.3, -0.25) is 9.36 Å². The summed E-state index contributed by atoms with van der Waals surface area (Å²) >= 11 is 1.32. The lowest BCUT2D eigenvalue weighted by molar-refractivity contribution is -0.118. The minimum atomic E-state index is -0.218. The highest BCUT2D eigenvalue weighted by atomic mass is 32.2. The van der Waals surface area contributed by atoms with Crippen LogP contribution in [0.2, 0.25) is 0 Å². The molecule has 0 aliphatic carbocycles. The molecule has 0 unspecified atom stereocenters. The van der Waals surface area contributed by atoms with Gasteiger partial charge in [0.25, 0.3) is 5.91 Å². The van der Waals surface area contributed by atoms with E-state index in [1.54, 1.807) is 12.3 Å². The lowest BCUT2D eigenvalue weighted by Gasteiger charge is -2.11. The molecule has 0 spiro atoms. The first-order valence-electron chi connectivity index (χ1n) is 10.9. The third-order valence-corrected chi connectivity index (χ3v) is 5.93. The summed E-state index contributed by atoms with van der Waals surface area (Å²) in [5.41, 5.74) is 7.87. The summed E-state index contributed by atoms with van der Waals surface area (Å²) in [6.07, 6.45) is 5.26. The number of nitrogens with zero attached hydrogens (tertiary/aromatic N) is 4. The Morgan fingerprint density at radius 1 is 0.941 bits per heavy atom. The molecule has 0 aliphatic rings. The fourth-order valence-electron chi connectivity index (χ4n) is 3.21. The number of carbonyl (C=O) groups is 1. The zero-order chi connectivity index (χ0) is 23.8. The fraction of sp³-hybridized carbons (Fsp3) is 0.111. The van der Waals surface area contributed by atoms with Crippen LogP contribution >= 0.6 is 11.8 Å². The minimum absolute atomic E-state index is 0.164. The first-order valence-corrected chi connectivity index (χ1v) is 11.8. The molecule has 0 saturated carbocycles. The summed E-state index contributed by atoms with van der Waals surface area (Å²) in [4.78, 5) is 12.3. The highest BCUT2D eigenvalue weighted by molar-refractivity contribution is 7.99. The van der Waals surface area contributed by atoms with Gasteiger partial charge in [-0.15, -0.1) is 10.2 Å². The van der Waals surface area contributed by atoms with Gasteiger partial charge in [-0.1, -0.05) is 95.7 Å². The second-order valence-electron chi connectivity index (χ2n) is 7.71. The molecule has 1 aromatic heterocycles. The first kappa shape index (κ1) is 23.2. The Kier molecular flexibility index (Phi) is 7.67. The lowest BCUT2D eigenvalue weighted by Crippen LogP contribution is -2.19. The monoisotopic (exact) mass is 467 g/mol. The van der Waals surface area contributed by atoms with Gasteiger partial charge < -0.3 is 0 Å². The van der Waals surface area contributed by atoms with Crippen molar-refractivity contribution in [2.75, 3.05) is 5.75 Å². The number of nitrogens with one attached hydrogen (secondary N) is 1. The molecule has 3 aromatic carbocycles. The number of hydrazone groups is 1. The molecule has 0 saturated heterocycles. The first-order chi connectivity index (χ1) is 16.6. The van der Waals surface area contributed by atoms with Crippen molar-refractivity contribution in [3.8, 4) is 17.1 Å². The van der Waals surface area contributed by atoms with E-state index in [1.165, 1.54) is 22.9 Å². The quantitative estimate of drug-likeness (QED) is 0.212. The molecular formula is C27H25N5OS. The smallest absolute Gasteiger partial charge is 0.250 e. The van der Waals surface area contributed by atoms with Crippen molar-refractivity contribution in [2.45, 2.75) is 19.0 Å². The lowest BCUT2D eigenvalue weighted by atomic mass is 10.1. The Morgan fingerprint density at radius 2 is 1.62 bits per heavy atom. The molecule has 0 atom stereocenters. The van der Waals surface area contributed by atoms with Gasteiger partial charge in [-0.2, -0.15) is 5.10 Å². The number of amides is 1. The molecule has 4 aromatic rings. The molecule has 7 heteroatoms. The second kappa shape index (κ2) is 11.2. The molecule has 4 rings (SSSR count). The average molecular weight is 468 g/mol. The molecule has 1 amide bonds. The van der Waals surface area contributed by atoms with Crippen LogP contribution in [0.25, 0.3) is 23.2 Å². The Hall–Kier alpha value is -3.97. The summed E-state index contributed by atoms with van der Waals surface area (Å²) in [5, 5.41) is 13.4. The van der Waals surface area contributed by atoms with Crippen molar-refractivity contribution >= 4 is 30.0 Å². The van der Waals surface area contributed by atoms with E-state index in [2.05, 4.69) is 20.7 Å². The van der Waals surface area contributed by atoms with Gasteiger partial charge in [0.2, 0.25) is 0 Å². The van der Waals surface area contributed by atoms with Crippen LogP contribution in [0.3, 0.4) is 0 Å². The molecular weight excluding hydrogens is 442 g/mol. The normalized spacial score (nSPS) is 11.4. The van der Waals surface area contributed by atoms with Crippen LogP contribution in [0.5, 0.6) is 0 Å². The maximum atomic E-state index is 12.3. The minimum Gasteiger partial charge on any atom is -0.272 e. The second-order valence-corrected chi connectivity index (χ2v) is 8.66. The number of rotatable bonds is 8. The van der Waals surface area contributed by atoms with Crippen LogP contribution in [0.15, 0.2) is 95.2 Å². The fourth-order valence-corrected chi connectivity index (χ4v) is 3.96. The Balaban J connectivity index is 1.45. The summed E-state index contributed by atoms with van der Waals surface area (Å²) in [7, 11) is 0. The molecule has 0 radical (unpaired) electrons. The highest BCUT2D eigenvalue weighted by Crippen LogP contribution is 2.28. The van der Waals surface area contributed by atoms with Crippen LogP contribution in [0.1, 0.15) is 16.7 Å². The van der Waals surface area contributed by atoms with Crippen LogP contribution < -0.4 is 5.43 Å². The number of thioether (sulfide) groups is 1. The van der Waals surface area contributed by atoms with E-state index in [-0.39, 0.29) is 11.7 Å². The third-order valence-electron chi connectivity index (χ3n) is 5.01. The van der Waals surface area contributed by atoms with Gasteiger partial charge in [0.15, 0.2) is 11.0 Å². The summed E-state index contributed by atoms with van der Waals surface area (Å²) in [6.45, 7) is 4.10. The van der Waals surface area contributed by atoms with Crippen molar-refractivity contribution in [2.24, 2.45) is 5.10 Å². The predicted molar refractivity (Wildman–Crippen MR) is 139 cm³/mol. The van der Waals surface area contributed by atoms with E-state index < -0.39 is 0 Å². The Labute approximate surface area is 203 Å².